The molecule has 0 bridgehead atoms. The number of hydrogen-bond acceptors (Lipinski definition) is 5. The van der Waals surface area contributed by atoms with Crippen LogP contribution in [0, 0.1) is 6.92 Å². The maximum absolute atomic E-state index is 12.2. The van der Waals surface area contributed by atoms with Gasteiger partial charge in [-0.3, -0.25) is 9.78 Å². The van der Waals surface area contributed by atoms with Gasteiger partial charge >= 0.3 is 0 Å². The number of amides is 1. The normalized spacial score (nSPS) is 14.7. The maximum atomic E-state index is 12.2. The summed E-state index contributed by atoms with van der Waals surface area (Å²) in [4.78, 5) is 22.6. The van der Waals surface area contributed by atoms with E-state index in [1.54, 1.807) is 6.20 Å². The van der Waals surface area contributed by atoms with Crippen LogP contribution in [0.3, 0.4) is 0 Å². The molecule has 0 saturated carbocycles. The molecule has 6 nitrogen and oxygen atoms in total. The number of anilines is 2. The Labute approximate surface area is 129 Å². The van der Waals surface area contributed by atoms with Gasteiger partial charge in [0.15, 0.2) is 0 Å². The van der Waals surface area contributed by atoms with Crippen LogP contribution in [0.15, 0.2) is 36.7 Å². The molecular formula is C16H18N4O2. The lowest BCUT2D eigenvalue weighted by Gasteiger charge is -2.29. The first kappa shape index (κ1) is 14.5. The van der Waals surface area contributed by atoms with Gasteiger partial charge in [0.2, 0.25) is 0 Å². The van der Waals surface area contributed by atoms with Crippen LogP contribution in [0.1, 0.15) is 16.2 Å². The quantitative estimate of drug-likeness (QED) is 0.937. The number of aryl methyl sites for hydroxylation is 1. The van der Waals surface area contributed by atoms with Gasteiger partial charge in [0.05, 0.1) is 25.1 Å². The molecule has 1 aliphatic rings. The molecule has 1 fully saturated rings. The summed E-state index contributed by atoms with van der Waals surface area (Å²) in [6.07, 6.45) is 3.07. The Balaban J connectivity index is 1.72. The molecule has 0 spiro atoms. The third kappa shape index (κ3) is 3.40. The number of hydrogen-bond donors (Lipinski definition) is 1. The number of nitrogens with one attached hydrogen (secondary N) is 1. The Morgan fingerprint density at radius 3 is 2.77 bits per heavy atom. The van der Waals surface area contributed by atoms with Gasteiger partial charge in [-0.2, -0.15) is 0 Å². The summed E-state index contributed by atoms with van der Waals surface area (Å²) < 4.78 is 5.36. The number of morpholine rings is 1. The molecule has 1 N–H and O–H groups in total. The highest BCUT2D eigenvalue weighted by Gasteiger charge is 2.13. The second kappa shape index (κ2) is 6.53. The average Bonchev–Trinajstić information content (AvgIpc) is 2.56. The zero-order valence-electron chi connectivity index (χ0n) is 12.5. The van der Waals surface area contributed by atoms with E-state index in [9.17, 15) is 4.79 Å². The van der Waals surface area contributed by atoms with E-state index in [2.05, 4.69) is 20.2 Å². The third-order valence-electron chi connectivity index (χ3n) is 3.49. The number of carbonyl (C=O) groups is 1. The molecule has 1 aliphatic heterocycles. The standard InChI is InChI=1S/C16H18N4O2/c1-12-10-18-15(11-17-12)16(21)19-13-3-2-4-14(9-13)20-5-7-22-8-6-20/h2-4,9-11H,5-8H2,1H3,(H,19,21). The number of ether oxygens (including phenoxy) is 1. The number of carbonyl (C=O) groups excluding carboxylic acids is 1. The lowest BCUT2D eigenvalue weighted by atomic mass is 10.2. The Bertz CT molecular complexity index is 651. The predicted molar refractivity (Wildman–Crippen MR) is 84.2 cm³/mol. The van der Waals surface area contributed by atoms with E-state index in [4.69, 9.17) is 4.74 Å². The van der Waals surface area contributed by atoms with Gasteiger partial charge in [-0.15, -0.1) is 0 Å². The highest BCUT2D eigenvalue weighted by atomic mass is 16.5. The van der Waals surface area contributed by atoms with Crippen LogP contribution >= 0.6 is 0 Å². The molecule has 1 saturated heterocycles. The Morgan fingerprint density at radius 1 is 1.23 bits per heavy atom. The second-order valence-corrected chi connectivity index (χ2v) is 5.15. The topological polar surface area (TPSA) is 67.4 Å². The van der Waals surface area contributed by atoms with Crippen molar-refractivity contribution >= 4 is 17.3 Å². The molecule has 22 heavy (non-hydrogen) atoms. The summed E-state index contributed by atoms with van der Waals surface area (Å²) in [7, 11) is 0. The molecule has 1 amide bonds. The van der Waals surface area contributed by atoms with Crippen LogP contribution in [-0.4, -0.2) is 42.2 Å². The van der Waals surface area contributed by atoms with Crippen LogP contribution in [-0.2, 0) is 4.74 Å². The Kier molecular flexibility index (Phi) is 4.29. The number of aromatic nitrogens is 2. The monoisotopic (exact) mass is 298 g/mol. The van der Waals surface area contributed by atoms with Crippen molar-refractivity contribution in [3.8, 4) is 0 Å². The molecule has 114 valence electrons. The summed E-state index contributed by atoms with van der Waals surface area (Å²) in [6.45, 7) is 5.02. The molecule has 1 aromatic carbocycles. The van der Waals surface area contributed by atoms with E-state index in [0.717, 1.165) is 43.4 Å². The molecule has 0 atom stereocenters. The van der Waals surface area contributed by atoms with Gasteiger partial charge in [-0.1, -0.05) is 6.07 Å². The minimum Gasteiger partial charge on any atom is -0.378 e. The molecule has 6 heteroatoms. The summed E-state index contributed by atoms with van der Waals surface area (Å²) in [5.74, 6) is -0.258. The van der Waals surface area contributed by atoms with Crippen molar-refractivity contribution < 1.29 is 9.53 Å². The van der Waals surface area contributed by atoms with Gasteiger partial charge in [0.1, 0.15) is 5.69 Å². The number of nitrogens with zero attached hydrogens (tertiary/aromatic N) is 3. The SMILES string of the molecule is Cc1cnc(C(=O)Nc2cccc(N3CCOCC3)c2)cn1. The molecule has 0 unspecified atom stereocenters. The maximum Gasteiger partial charge on any atom is 0.275 e. The van der Waals surface area contributed by atoms with Crippen LogP contribution < -0.4 is 10.2 Å². The minimum absolute atomic E-state index is 0.258. The summed E-state index contributed by atoms with van der Waals surface area (Å²) in [6, 6.07) is 7.79. The van der Waals surface area contributed by atoms with E-state index in [1.165, 1.54) is 6.20 Å². The van der Waals surface area contributed by atoms with E-state index in [1.807, 2.05) is 31.2 Å². The van der Waals surface area contributed by atoms with Crippen molar-refractivity contribution in [1.29, 1.82) is 0 Å². The lowest BCUT2D eigenvalue weighted by molar-refractivity contribution is 0.102. The molecule has 3 rings (SSSR count). The molecule has 0 radical (unpaired) electrons. The fourth-order valence-corrected chi connectivity index (χ4v) is 2.31. The van der Waals surface area contributed by atoms with Gasteiger partial charge in [0, 0.05) is 30.7 Å². The second-order valence-electron chi connectivity index (χ2n) is 5.15. The molecule has 0 aliphatic carbocycles. The smallest absolute Gasteiger partial charge is 0.275 e. The van der Waals surface area contributed by atoms with Crippen molar-refractivity contribution in [3.05, 3.63) is 48.0 Å². The largest absolute Gasteiger partial charge is 0.378 e. The van der Waals surface area contributed by atoms with E-state index in [-0.39, 0.29) is 5.91 Å². The minimum atomic E-state index is -0.258. The van der Waals surface area contributed by atoms with Crippen molar-refractivity contribution in [2.45, 2.75) is 6.92 Å². The molecule has 2 heterocycles. The zero-order valence-corrected chi connectivity index (χ0v) is 12.5. The fourth-order valence-electron chi connectivity index (χ4n) is 2.31. The Morgan fingerprint density at radius 2 is 2.05 bits per heavy atom. The van der Waals surface area contributed by atoms with Gasteiger partial charge in [-0.05, 0) is 25.1 Å². The zero-order chi connectivity index (χ0) is 15.4. The van der Waals surface area contributed by atoms with Gasteiger partial charge in [-0.25, -0.2) is 4.98 Å². The first-order valence-electron chi connectivity index (χ1n) is 7.25. The van der Waals surface area contributed by atoms with Crippen LogP contribution in [0.2, 0.25) is 0 Å². The molecule has 2 aromatic rings. The lowest BCUT2D eigenvalue weighted by Crippen LogP contribution is -2.36. The average molecular weight is 298 g/mol. The predicted octanol–water partition coefficient (Wildman–Crippen LogP) is 1.87. The molecule has 1 aromatic heterocycles. The summed E-state index contributed by atoms with van der Waals surface area (Å²) in [5, 5.41) is 2.86. The van der Waals surface area contributed by atoms with Crippen molar-refractivity contribution in [2.24, 2.45) is 0 Å². The highest BCUT2D eigenvalue weighted by molar-refractivity contribution is 6.02. The fraction of sp³-hybridized carbons (Fsp3) is 0.312. The van der Waals surface area contributed by atoms with E-state index >= 15 is 0 Å². The summed E-state index contributed by atoms with van der Waals surface area (Å²) >= 11 is 0. The van der Waals surface area contributed by atoms with Crippen LogP contribution in [0.5, 0.6) is 0 Å². The Hall–Kier alpha value is -2.47. The highest BCUT2D eigenvalue weighted by Crippen LogP contribution is 2.20. The van der Waals surface area contributed by atoms with Crippen LogP contribution in [0.4, 0.5) is 11.4 Å². The number of rotatable bonds is 3. The van der Waals surface area contributed by atoms with E-state index < -0.39 is 0 Å². The third-order valence-corrected chi connectivity index (χ3v) is 3.49. The summed E-state index contributed by atoms with van der Waals surface area (Å²) in [5.41, 5.74) is 2.92. The van der Waals surface area contributed by atoms with Crippen molar-refractivity contribution in [1.82, 2.24) is 9.97 Å². The van der Waals surface area contributed by atoms with Gasteiger partial charge in [0.25, 0.3) is 5.91 Å². The number of benzene rings is 1. The van der Waals surface area contributed by atoms with Crippen molar-refractivity contribution in [3.63, 3.8) is 0 Å². The van der Waals surface area contributed by atoms with Crippen LogP contribution in [0.25, 0.3) is 0 Å². The molecular weight excluding hydrogens is 280 g/mol. The van der Waals surface area contributed by atoms with Gasteiger partial charge < -0.3 is 15.0 Å². The first-order chi connectivity index (χ1) is 10.7. The van der Waals surface area contributed by atoms with E-state index in [0.29, 0.717) is 5.69 Å². The first-order valence-corrected chi connectivity index (χ1v) is 7.25. The van der Waals surface area contributed by atoms with Crippen molar-refractivity contribution in [2.75, 3.05) is 36.5 Å².